The predicted molar refractivity (Wildman–Crippen MR) is 141 cm³/mol. The summed E-state index contributed by atoms with van der Waals surface area (Å²) in [6, 6.07) is 0. The topological polar surface area (TPSA) is 0 Å². The van der Waals surface area contributed by atoms with Crippen LogP contribution >= 0.6 is 0 Å². The molecule has 0 unspecified atom stereocenters. The van der Waals surface area contributed by atoms with Gasteiger partial charge in [0.15, 0.2) is 0 Å². The van der Waals surface area contributed by atoms with E-state index in [9.17, 15) is 4.39 Å². The van der Waals surface area contributed by atoms with Crippen molar-refractivity contribution in [3.63, 3.8) is 0 Å². The highest BCUT2D eigenvalue weighted by atomic mass is 19.1. The third-order valence-electron chi connectivity index (χ3n) is 6.88. The van der Waals surface area contributed by atoms with E-state index in [1.54, 1.807) is 0 Å². The Labute approximate surface area is 197 Å². The monoisotopic (exact) mass is 439 g/mol. The number of rotatable bonds is 28. The molecule has 0 atom stereocenters. The molecule has 0 saturated carbocycles. The van der Waals surface area contributed by atoms with Gasteiger partial charge in [0.05, 0.1) is 6.67 Å². The van der Waals surface area contributed by atoms with E-state index in [4.69, 9.17) is 0 Å². The summed E-state index contributed by atoms with van der Waals surface area (Å²) in [6.45, 7) is 3.79. The number of alkyl halides is 1. The molecule has 0 aromatic rings. The van der Waals surface area contributed by atoms with Gasteiger partial charge in [-0.05, 0) is 6.42 Å². The van der Waals surface area contributed by atoms with Crippen molar-refractivity contribution < 1.29 is 4.39 Å². The Balaban J connectivity index is 2.98. The highest BCUT2D eigenvalue weighted by Crippen LogP contribution is 2.16. The lowest BCUT2D eigenvalue weighted by Gasteiger charge is -2.04. The normalized spacial score (nSPS) is 11.4. The maximum absolute atomic E-state index is 12.0. The minimum atomic E-state index is -0.127. The van der Waals surface area contributed by atoms with Crippen LogP contribution in [0.25, 0.3) is 0 Å². The molecule has 0 aliphatic heterocycles. The van der Waals surface area contributed by atoms with Crippen LogP contribution in [0, 0.1) is 6.92 Å². The van der Waals surface area contributed by atoms with Gasteiger partial charge in [-0.2, -0.15) is 0 Å². The first-order valence-electron chi connectivity index (χ1n) is 14.8. The summed E-state index contributed by atoms with van der Waals surface area (Å²) >= 11 is 0. The Kier molecular flexibility index (Phi) is 29.9. The fourth-order valence-corrected chi connectivity index (χ4v) is 4.69. The smallest absolute Gasteiger partial charge is 0.0894 e. The van der Waals surface area contributed by atoms with Crippen molar-refractivity contribution in [2.45, 2.75) is 180 Å². The van der Waals surface area contributed by atoms with Crippen molar-refractivity contribution in [2.75, 3.05) is 6.67 Å². The summed E-state index contributed by atoms with van der Waals surface area (Å²) in [4.78, 5) is 0. The second-order valence-corrected chi connectivity index (χ2v) is 10.1. The average molecular weight is 440 g/mol. The SMILES string of the molecule is [CH2]CCCCCCCCCCCCCCCCCCCCCCCCCCCCCF. The molecule has 0 heterocycles. The standard InChI is InChI=1S/C30H60F/c1-2-3-4-5-6-7-8-9-10-11-12-13-14-15-16-17-18-19-20-21-22-23-24-25-26-27-28-29-30-31/h1-30H2. The quantitative estimate of drug-likeness (QED) is 0.106. The van der Waals surface area contributed by atoms with Crippen LogP contribution in [0.4, 0.5) is 4.39 Å². The molecule has 0 saturated heterocycles. The third-order valence-corrected chi connectivity index (χ3v) is 6.88. The van der Waals surface area contributed by atoms with Gasteiger partial charge in [0.25, 0.3) is 0 Å². The Bertz CT molecular complexity index is 260. The van der Waals surface area contributed by atoms with Crippen molar-refractivity contribution in [1.82, 2.24) is 0 Å². The van der Waals surface area contributed by atoms with Gasteiger partial charge >= 0.3 is 0 Å². The Morgan fingerprint density at radius 1 is 0.258 bits per heavy atom. The number of hydrogen-bond acceptors (Lipinski definition) is 0. The maximum atomic E-state index is 12.0. The zero-order valence-corrected chi connectivity index (χ0v) is 21.6. The van der Waals surface area contributed by atoms with Crippen LogP contribution in [-0.4, -0.2) is 6.67 Å². The molecule has 0 fully saturated rings. The van der Waals surface area contributed by atoms with Crippen LogP contribution in [0.3, 0.4) is 0 Å². The zero-order chi connectivity index (χ0) is 22.5. The molecule has 0 nitrogen and oxygen atoms in total. The third kappa shape index (κ3) is 29.9. The van der Waals surface area contributed by atoms with Crippen LogP contribution in [0.1, 0.15) is 180 Å². The summed E-state index contributed by atoms with van der Waals surface area (Å²) in [5, 5.41) is 0. The van der Waals surface area contributed by atoms with E-state index in [1.165, 1.54) is 161 Å². The fraction of sp³-hybridized carbons (Fsp3) is 0.967. The molecule has 1 heteroatoms. The van der Waals surface area contributed by atoms with Crippen molar-refractivity contribution in [3.05, 3.63) is 6.92 Å². The van der Waals surface area contributed by atoms with E-state index in [1.807, 2.05) is 0 Å². The molecule has 0 aromatic heterocycles. The molecule has 0 amide bonds. The molecule has 0 rings (SSSR count). The summed E-state index contributed by atoms with van der Waals surface area (Å²) < 4.78 is 12.0. The minimum Gasteiger partial charge on any atom is -0.251 e. The Morgan fingerprint density at radius 3 is 0.581 bits per heavy atom. The van der Waals surface area contributed by atoms with Crippen molar-refractivity contribution in [2.24, 2.45) is 0 Å². The minimum absolute atomic E-state index is 0.127. The van der Waals surface area contributed by atoms with Gasteiger partial charge in [-0.1, -0.05) is 180 Å². The molecule has 1 radical (unpaired) electrons. The lowest BCUT2D eigenvalue weighted by atomic mass is 10.0. The molecular formula is C30H60F. The second kappa shape index (κ2) is 29.9. The lowest BCUT2D eigenvalue weighted by molar-refractivity contribution is 0.448. The Morgan fingerprint density at radius 2 is 0.419 bits per heavy atom. The van der Waals surface area contributed by atoms with Crippen molar-refractivity contribution in [3.8, 4) is 0 Å². The van der Waals surface area contributed by atoms with Gasteiger partial charge in [-0.25, -0.2) is 0 Å². The summed E-state index contributed by atoms with van der Waals surface area (Å²) in [5.74, 6) is 0. The van der Waals surface area contributed by atoms with Crippen molar-refractivity contribution in [1.29, 1.82) is 0 Å². The maximum Gasteiger partial charge on any atom is 0.0894 e. The highest BCUT2D eigenvalue weighted by molar-refractivity contribution is 4.52. The van der Waals surface area contributed by atoms with E-state index in [0.717, 1.165) is 19.3 Å². The van der Waals surface area contributed by atoms with Gasteiger partial charge in [-0.15, -0.1) is 0 Å². The molecule has 0 aromatic carbocycles. The summed E-state index contributed by atoms with van der Waals surface area (Å²) in [6.07, 6.45) is 38.7. The van der Waals surface area contributed by atoms with Crippen LogP contribution in [0.2, 0.25) is 0 Å². The van der Waals surface area contributed by atoms with Gasteiger partial charge < -0.3 is 0 Å². The van der Waals surface area contributed by atoms with Crippen LogP contribution in [0.15, 0.2) is 0 Å². The first kappa shape index (κ1) is 30.9. The number of hydrogen-bond donors (Lipinski definition) is 0. The van der Waals surface area contributed by atoms with E-state index in [2.05, 4.69) is 6.92 Å². The van der Waals surface area contributed by atoms with Crippen LogP contribution < -0.4 is 0 Å². The van der Waals surface area contributed by atoms with E-state index in [-0.39, 0.29) is 6.67 Å². The molecule has 0 N–H and O–H groups in total. The largest absolute Gasteiger partial charge is 0.251 e. The molecule has 0 aliphatic rings. The molecule has 0 aliphatic carbocycles. The summed E-state index contributed by atoms with van der Waals surface area (Å²) in [5.41, 5.74) is 0. The van der Waals surface area contributed by atoms with Gasteiger partial charge in [0.2, 0.25) is 0 Å². The number of unbranched alkanes of at least 4 members (excludes halogenated alkanes) is 27. The molecule has 0 spiro atoms. The first-order valence-corrected chi connectivity index (χ1v) is 14.8. The van der Waals surface area contributed by atoms with Gasteiger partial charge in [0, 0.05) is 0 Å². The highest BCUT2D eigenvalue weighted by Gasteiger charge is 1.96. The fourth-order valence-electron chi connectivity index (χ4n) is 4.69. The second-order valence-electron chi connectivity index (χ2n) is 10.1. The van der Waals surface area contributed by atoms with Crippen LogP contribution in [-0.2, 0) is 0 Å². The number of halogens is 1. The van der Waals surface area contributed by atoms with E-state index in [0.29, 0.717) is 0 Å². The van der Waals surface area contributed by atoms with E-state index >= 15 is 0 Å². The lowest BCUT2D eigenvalue weighted by Crippen LogP contribution is -1.85. The van der Waals surface area contributed by atoms with Crippen LogP contribution in [0.5, 0.6) is 0 Å². The first-order chi connectivity index (χ1) is 15.4. The summed E-state index contributed by atoms with van der Waals surface area (Å²) in [7, 11) is 0. The predicted octanol–water partition coefficient (Wildman–Crippen LogP) is 11.7. The zero-order valence-electron chi connectivity index (χ0n) is 21.6. The molecular weight excluding hydrogens is 379 g/mol. The van der Waals surface area contributed by atoms with Crippen molar-refractivity contribution >= 4 is 0 Å². The Hall–Kier alpha value is -0.0700. The molecule has 187 valence electrons. The molecule has 31 heavy (non-hydrogen) atoms. The molecule has 0 bridgehead atoms. The van der Waals surface area contributed by atoms with Gasteiger partial charge in [0.1, 0.15) is 0 Å². The average Bonchev–Trinajstić information content (AvgIpc) is 2.78. The van der Waals surface area contributed by atoms with Gasteiger partial charge in [-0.3, -0.25) is 4.39 Å². The van der Waals surface area contributed by atoms with E-state index < -0.39 is 0 Å².